The van der Waals surface area contributed by atoms with Gasteiger partial charge in [-0.3, -0.25) is 4.79 Å². The number of primary amides is 1. The van der Waals surface area contributed by atoms with E-state index in [9.17, 15) is 4.79 Å². The highest BCUT2D eigenvalue weighted by molar-refractivity contribution is 5.83. The topological polar surface area (TPSA) is 72.3 Å². The van der Waals surface area contributed by atoms with E-state index in [1.807, 2.05) is 0 Å². The predicted octanol–water partition coefficient (Wildman–Crippen LogP) is 1.09. The average Bonchev–Trinajstić information content (AvgIpc) is 2.52. The Bertz CT molecular complexity index is 265. The van der Waals surface area contributed by atoms with Gasteiger partial charge in [0.2, 0.25) is 5.91 Å². The molecule has 1 amide bonds. The molecule has 0 saturated carbocycles. The third kappa shape index (κ3) is 4.28. The minimum atomic E-state index is -0.843. The lowest BCUT2D eigenvalue weighted by atomic mass is 9.95. The molecule has 1 saturated heterocycles. The number of likely N-dealkylation sites (tertiary alicyclic amines) is 1. The minimum Gasteiger partial charge on any atom is -0.368 e. The van der Waals surface area contributed by atoms with Crippen LogP contribution in [0.5, 0.6) is 0 Å². The lowest BCUT2D eigenvalue weighted by molar-refractivity contribution is -0.122. The maximum absolute atomic E-state index is 11.1. The molecule has 1 rings (SSSR count). The normalized spacial score (nSPS) is 29.2. The summed E-state index contributed by atoms with van der Waals surface area (Å²) in [6, 6.07) is 0.699. The summed E-state index contributed by atoms with van der Waals surface area (Å²) in [4.78, 5) is 13.6. The first kappa shape index (κ1) is 14.5. The number of amides is 1. The number of unbranched alkanes of at least 4 members (excludes halogenated alkanes) is 1. The van der Waals surface area contributed by atoms with Crippen LogP contribution in [0.25, 0.3) is 0 Å². The quantitative estimate of drug-likeness (QED) is 0.684. The van der Waals surface area contributed by atoms with Gasteiger partial charge in [0.05, 0.1) is 5.54 Å². The van der Waals surface area contributed by atoms with Gasteiger partial charge >= 0.3 is 0 Å². The zero-order chi connectivity index (χ0) is 13.1. The first-order chi connectivity index (χ1) is 7.83. The third-order valence-electron chi connectivity index (χ3n) is 3.87. The fraction of sp³-hybridized carbons (Fsp3) is 0.923. The van der Waals surface area contributed by atoms with Crippen LogP contribution in [0.4, 0.5) is 0 Å². The summed E-state index contributed by atoms with van der Waals surface area (Å²) in [7, 11) is 0. The van der Waals surface area contributed by atoms with Crippen molar-refractivity contribution in [1.29, 1.82) is 0 Å². The van der Waals surface area contributed by atoms with E-state index in [1.54, 1.807) is 6.92 Å². The van der Waals surface area contributed by atoms with Crippen molar-refractivity contribution in [2.24, 2.45) is 17.4 Å². The molecule has 1 fully saturated rings. The summed E-state index contributed by atoms with van der Waals surface area (Å²) in [5, 5.41) is 0. The van der Waals surface area contributed by atoms with Crippen LogP contribution < -0.4 is 11.5 Å². The Morgan fingerprint density at radius 1 is 1.41 bits per heavy atom. The summed E-state index contributed by atoms with van der Waals surface area (Å²) in [5.74, 6) is 0.413. The smallest absolute Gasteiger partial charge is 0.237 e. The number of rotatable bonds is 6. The highest BCUT2D eigenvalue weighted by Crippen LogP contribution is 2.22. The fourth-order valence-corrected chi connectivity index (χ4v) is 2.63. The molecule has 100 valence electrons. The van der Waals surface area contributed by atoms with E-state index in [2.05, 4.69) is 18.7 Å². The summed E-state index contributed by atoms with van der Waals surface area (Å²) in [6.45, 7) is 8.63. The number of carbonyl (C=O) groups is 1. The maximum atomic E-state index is 11.1. The number of nitrogens with two attached hydrogens (primary N) is 2. The molecule has 0 spiro atoms. The van der Waals surface area contributed by atoms with Crippen molar-refractivity contribution in [2.45, 2.75) is 58.0 Å². The average molecular weight is 241 g/mol. The number of carbonyl (C=O) groups excluding carboxylic acids is 1. The van der Waals surface area contributed by atoms with E-state index in [4.69, 9.17) is 11.5 Å². The van der Waals surface area contributed by atoms with Crippen LogP contribution in [0, 0.1) is 5.92 Å². The number of hydrogen-bond acceptors (Lipinski definition) is 3. The van der Waals surface area contributed by atoms with Gasteiger partial charge < -0.3 is 16.4 Å². The summed E-state index contributed by atoms with van der Waals surface area (Å²) in [5.41, 5.74) is 10.2. The molecule has 0 bridgehead atoms. The number of hydrogen-bond donors (Lipinski definition) is 2. The molecule has 0 radical (unpaired) electrons. The SMILES string of the molecule is CC1CC(C)N(CCCCC(C)(N)C(N)=O)C1. The van der Waals surface area contributed by atoms with Crippen LogP contribution in [0.1, 0.15) is 46.5 Å². The second kappa shape index (κ2) is 5.83. The Kier molecular flexibility index (Phi) is 4.95. The van der Waals surface area contributed by atoms with Gasteiger partial charge in [-0.1, -0.05) is 6.92 Å². The molecule has 0 aromatic rings. The molecule has 1 heterocycles. The first-order valence-electron chi connectivity index (χ1n) is 6.66. The Labute approximate surface area is 105 Å². The van der Waals surface area contributed by atoms with Crippen LogP contribution in [-0.2, 0) is 4.79 Å². The van der Waals surface area contributed by atoms with Gasteiger partial charge in [-0.15, -0.1) is 0 Å². The predicted molar refractivity (Wildman–Crippen MR) is 70.5 cm³/mol. The molecule has 17 heavy (non-hydrogen) atoms. The van der Waals surface area contributed by atoms with E-state index >= 15 is 0 Å². The zero-order valence-corrected chi connectivity index (χ0v) is 11.4. The van der Waals surface area contributed by atoms with E-state index in [-0.39, 0.29) is 0 Å². The molecular formula is C13H27N3O. The molecule has 1 aliphatic rings. The van der Waals surface area contributed by atoms with Crippen molar-refractivity contribution < 1.29 is 4.79 Å². The molecule has 3 atom stereocenters. The van der Waals surface area contributed by atoms with Gasteiger partial charge in [-0.2, -0.15) is 0 Å². The summed E-state index contributed by atoms with van der Waals surface area (Å²) >= 11 is 0. The van der Waals surface area contributed by atoms with Gasteiger partial charge in [-0.25, -0.2) is 0 Å². The van der Waals surface area contributed by atoms with Crippen LogP contribution >= 0.6 is 0 Å². The van der Waals surface area contributed by atoms with Crippen molar-refractivity contribution in [2.75, 3.05) is 13.1 Å². The van der Waals surface area contributed by atoms with E-state index in [0.29, 0.717) is 12.5 Å². The summed E-state index contributed by atoms with van der Waals surface area (Å²) in [6.07, 6.45) is 4.04. The van der Waals surface area contributed by atoms with Gasteiger partial charge in [-0.05, 0) is 52.0 Å². The van der Waals surface area contributed by atoms with Crippen molar-refractivity contribution in [1.82, 2.24) is 4.90 Å². The largest absolute Gasteiger partial charge is 0.368 e. The van der Waals surface area contributed by atoms with E-state index in [1.165, 1.54) is 13.0 Å². The molecule has 4 N–H and O–H groups in total. The molecule has 3 unspecified atom stereocenters. The number of nitrogens with zero attached hydrogens (tertiary/aromatic N) is 1. The van der Waals surface area contributed by atoms with Crippen LogP contribution in [0.15, 0.2) is 0 Å². The molecule has 0 aromatic carbocycles. The van der Waals surface area contributed by atoms with Crippen molar-refractivity contribution in [3.05, 3.63) is 0 Å². The second-order valence-electron chi connectivity index (χ2n) is 5.92. The molecule has 4 nitrogen and oxygen atoms in total. The Morgan fingerprint density at radius 2 is 2.06 bits per heavy atom. The van der Waals surface area contributed by atoms with Gasteiger partial charge in [0.25, 0.3) is 0 Å². The van der Waals surface area contributed by atoms with Crippen molar-refractivity contribution in [3.63, 3.8) is 0 Å². The molecular weight excluding hydrogens is 214 g/mol. The van der Waals surface area contributed by atoms with Gasteiger partial charge in [0.15, 0.2) is 0 Å². The lowest BCUT2D eigenvalue weighted by Gasteiger charge is -2.23. The molecule has 0 aliphatic carbocycles. The lowest BCUT2D eigenvalue weighted by Crippen LogP contribution is -2.49. The zero-order valence-electron chi connectivity index (χ0n) is 11.4. The van der Waals surface area contributed by atoms with Crippen LogP contribution in [-0.4, -0.2) is 35.5 Å². The summed E-state index contributed by atoms with van der Waals surface area (Å²) < 4.78 is 0. The molecule has 1 aliphatic heterocycles. The maximum Gasteiger partial charge on any atom is 0.237 e. The fourth-order valence-electron chi connectivity index (χ4n) is 2.63. The minimum absolute atomic E-state index is 0.402. The highest BCUT2D eigenvalue weighted by atomic mass is 16.1. The van der Waals surface area contributed by atoms with Crippen LogP contribution in [0.2, 0.25) is 0 Å². The highest BCUT2D eigenvalue weighted by Gasteiger charge is 2.27. The van der Waals surface area contributed by atoms with Gasteiger partial charge in [0.1, 0.15) is 0 Å². The third-order valence-corrected chi connectivity index (χ3v) is 3.87. The van der Waals surface area contributed by atoms with E-state index in [0.717, 1.165) is 25.3 Å². The van der Waals surface area contributed by atoms with E-state index < -0.39 is 11.4 Å². The molecule has 0 aromatic heterocycles. The second-order valence-corrected chi connectivity index (χ2v) is 5.92. The monoisotopic (exact) mass is 241 g/mol. The van der Waals surface area contributed by atoms with Crippen molar-refractivity contribution in [3.8, 4) is 0 Å². The van der Waals surface area contributed by atoms with Crippen molar-refractivity contribution >= 4 is 5.91 Å². The standard InChI is InChI=1S/C13H27N3O/c1-10-8-11(2)16(9-10)7-5-4-6-13(3,15)12(14)17/h10-11H,4-9,15H2,1-3H3,(H2,14,17). The molecule has 4 heteroatoms. The Morgan fingerprint density at radius 3 is 2.53 bits per heavy atom. The Hall–Kier alpha value is -0.610. The van der Waals surface area contributed by atoms with Crippen LogP contribution in [0.3, 0.4) is 0 Å². The van der Waals surface area contributed by atoms with Gasteiger partial charge in [0, 0.05) is 12.6 Å². The Balaban J connectivity index is 2.19. The first-order valence-corrected chi connectivity index (χ1v) is 6.66.